The minimum atomic E-state index is -3.80. The highest BCUT2D eigenvalue weighted by Crippen LogP contribution is 2.30. The zero-order valence-corrected chi connectivity index (χ0v) is 20.3. The maximum absolute atomic E-state index is 12.8. The number of sulfonamides is 1. The number of nitrogens with zero attached hydrogens (tertiary/aromatic N) is 1. The molecule has 0 saturated carbocycles. The summed E-state index contributed by atoms with van der Waals surface area (Å²) in [6, 6.07) is 14.6. The maximum atomic E-state index is 12.8. The first-order valence-electron chi connectivity index (χ1n) is 9.44. The van der Waals surface area contributed by atoms with Crippen molar-refractivity contribution in [1.82, 2.24) is 9.71 Å². The van der Waals surface area contributed by atoms with Crippen LogP contribution in [0.1, 0.15) is 12.1 Å². The van der Waals surface area contributed by atoms with Crippen molar-refractivity contribution >= 4 is 56.5 Å². The number of thioether (sulfide) groups is 1. The SMILES string of the molecule is CSCCC(NS(=O)(=O)c1ccccc1)C(=O)Nc1ccc(Sc2nc(C)cs2)cc1. The van der Waals surface area contributed by atoms with Gasteiger partial charge < -0.3 is 5.32 Å². The third-order valence-corrected chi connectivity index (χ3v) is 8.40. The molecule has 0 radical (unpaired) electrons. The van der Waals surface area contributed by atoms with Gasteiger partial charge in [0.1, 0.15) is 6.04 Å². The zero-order chi connectivity index (χ0) is 22.3. The van der Waals surface area contributed by atoms with E-state index in [2.05, 4.69) is 15.0 Å². The lowest BCUT2D eigenvalue weighted by molar-refractivity contribution is -0.117. The summed E-state index contributed by atoms with van der Waals surface area (Å²) >= 11 is 4.71. The highest BCUT2D eigenvalue weighted by Gasteiger charge is 2.25. The Kier molecular flexibility index (Phi) is 8.56. The second kappa shape index (κ2) is 11.1. The summed E-state index contributed by atoms with van der Waals surface area (Å²) in [6.45, 7) is 1.96. The average molecular weight is 494 g/mol. The monoisotopic (exact) mass is 493 g/mol. The Hall–Kier alpha value is -1.85. The smallest absolute Gasteiger partial charge is 0.242 e. The van der Waals surface area contributed by atoms with Gasteiger partial charge in [-0.25, -0.2) is 13.4 Å². The van der Waals surface area contributed by atoms with E-state index < -0.39 is 16.1 Å². The molecule has 1 amide bonds. The van der Waals surface area contributed by atoms with Crippen molar-refractivity contribution in [2.24, 2.45) is 0 Å². The number of hydrogen-bond acceptors (Lipinski definition) is 7. The molecular formula is C21H23N3O3S4. The Morgan fingerprint density at radius 2 is 1.84 bits per heavy atom. The summed E-state index contributed by atoms with van der Waals surface area (Å²) in [7, 11) is -3.80. The number of rotatable bonds is 10. The van der Waals surface area contributed by atoms with Crippen LogP contribution in [-0.2, 0) is 14.8 Å². The average Bonchev–Trinajstić information content (AvgIpc) is 3.17. The number of amides is 1. The molecule has 0 bridgehead atoms. The number of thiazole rings is 1. The van der Waals surface area contributed by atoms with E-state index in [4.69, 9.17) is 0 Å². The molecule has 1 unspecified atom stereocenters. The lowest BCUT2D eigenvalue weighted by Gasteiger charge is -2.18. The van der Waals surface area contributed by atoms with Gasteiger partial charge in [0.25, 0.3) is 0 Å². The highest BCUT2D eigenvalue weighted by atomic mass is 32.2. The van der Waals surface area contributed by atoms with Gasteiger partial charge in [-0.1, -0.05) is 30.0 Å². The first-order chi connectivity index (χ1) is 14.9. The minimum absolute atomic E-state index is 0.135. The normalized spacial score (nSPS) is 12.5. The van der Waals surface area contributed by atoms with Crippen molar-refractivity contribution in [2.45, 2.75) is 33.5 Å². The first kappa shape index (κ1) is 23.8. The Labute approximate surface area is 195 Å². The van der Waals surface area contributed by atoms with Crippen molar-refractivity contribution in [3.05, 3.63) is 65.7 Å². The summed E-state index contributed by atoms with van der Waals surface area (Å²) in [5.41, 5.74) is 1.60. The number of hydrogen-bond donors (Lipinski definition) is 2. The molecule has 0 aliphatic heterocycles. The van der Waals surface area contributed by atoms with Crippen LogP contribution in [0.4, 0.5) is 5.69 Å². The molecule has 31 heavy (non-hydrogen) atoms. The van der Waals surface area contributed by atoms with E-state index in [1.54, 1.807) is 65.2 Å². The number of benzene rings is 2. The molecule has 6 nitrogen and oxygen atoms in total. The largest absolute Gasteiger partial charge is 0.325 e. The number of nitrogens with one attached hydrogen (secondary N) is 2. The van der Waals surface area contributed by atoms with Gasteiger partial charge in [0.15, 0.2) is 4.34 Å². The van der Waals surface area contributed by atoms with Gasteiger partial charge in [0.2, 0.25) is 15.9 Å². The van der Waals surface area contributed by atoms with Gasteiger partial charge in [-0.2, -0.15) is 16.5 Å². The molecule has 2 aromatic carbocycles. The van der Waals surface area contributed by atoms with Gasteiger partial charge in [-0.3, -0.25) is 4.79 Å². The van der Waals surface area contributed by atoms with E-state index in [1.165, 1.54) is 12.1 Å². The molecule has 0 saturated heterocycles. The standard InChI is InChI=1S/C21H23N3O3S4/c1-15-14-29-21(22-15)30-17-10-8-16(9-11-17)23-20(25)19(12-13-28-2)24-31(26,27)18-6-4-3-5-7-18/h3-11,14,19,24H,12-13H2,1-2H3,(H,23,25). The lowest BCUT2D eigenvalue weighted by Crippen LogP contribution is -2.44. The van der Waals surface area contributed by atoms with E-state index in [9.17, 15) is 13.2 Å². The van der Waals surface area contributed by atoms with Gasteiger partial charge in [-0.15, -0.1) is 11.3 Å². The summed E-state index contributed by atoms with van der Waals surface area (Å²) in [6.07, 6.45) is 2.30. The highest BCUT2D eigenvalue weighted by molar-refractivity contribution is 8.01. The minimum Gasteiger partial charge on any atom is -0.325 e. The van der Waals surface area contributed by atoms with Crippen LogP contribution in [0.2, 0.25) is 0 Å². The van der Waals surface area contributed by atoms with Crippen LogP contribution in [0.3, 0.4) is 0 Å². The molecule has 2 N–H and O–H groups in total. The Morgan fingerprint density at radius 1 is 1.13 bits per heavy atom. The summed E-state index contributed by atoms with van der Waals surface area (Å²) in [4.78, 5) is 18.4. The van der Waals surface area contributed by atoms with E-state index in [1.807, 2.05) is 30.7 Å². The van der Waals surface area contributed by atoms with Crippen LogP contribution < -0.4 is 10.0 Å². The second-order valence-corrected chi connectivity index (χ2v) is 11.5. The van der Waals surface area contributed by atoms with Gasteiger partial charge in [-0.05, 0) is 61.8 Å². The molecule has 0 aliphatic rings. The lowest BCUT2D eigenvalue weighted by atomic mass is 10.2. The topological polar surface area (TPSA) is 88.2 Å². The second-order valence-electron chi connectivity index (χ2n) is 6.64. The Bertz CT molecular complexity index is 1100. The summed E-state index contributed by atoms with van der Waals surface area (Å²) < 4.78 is 28.9. The number of carbonyl (C=O) groups is 1. The maximum Gasteiger partial charge on any atom is 0.242 e. The first-order valence-corrected chi connectivity index (χ1v) is 14.0. The van der Waals surface area contributed by atoms with Crippen molar-refractivity contribution in [3.63, 3.8) is 0 Å². The molecule has 0 spiro atoms. The molecular weight excluding hydrogens is 471 g/mol. The fourth-order valence-corrected chi connectivity index (χ4v) is 6.18. The van der Waals surface area contributed by atoms with Crippen molar-refractivity contribution in [1.29, 1.82) is 0 Å². The van der Waals surface area contributed by atoms with Crippen LogP contribution in [0.15, 0.2) is 74.1 Å². The van der Waals surface area contributed by atoms with Crippen molar-refractivity contribution in [2.75, 3.05) is 17.3 Å². The molecule has 1 heterocycles. The van der Waals surface area contributed by atoms with Crippen LogP contribution >= 0.6 is 34.9 Å². The molecule has 1 atom stereocenters. The summed E-state index contributed by atoms with van der Waals surface area (Å²) in [5, 5.41) is 4.82. The van der Waals surface area contributed by atoms with Crippen LogP contribution in [0.25, 0.3) is 0 Å². The van der Waals surface area contributed by atoms with Crippen molar-refractivity contribution in [3.8, 4) is 0 Å². The molecule has 3 rings (SSSR count). The van der Waals surface area contributed by atoms with Crippen molar-refractivity contribution < 1.29 is 13.2 Å². The van der Waals surface area contributed by atoms with Gasteiger partial charge in [0, 0.05) is 21.7 Å². The predicted octanol–water partition coefficient (Wildman–Crippen LogP) is 4.64. The fraction of sp³-hybridized carbons (Fsp3) is 0.238. The van der Waals surface area contributed by atoms with Gasteiger partial charge >= 0.3 is 0 Å². The van der Waals surface area contributed by atoms with E-state index in [-0.39, 0.29) is 10.8 Å². The predicted molar refractivity (Wildman–Crippen MR) is 130 cm³/mol. The Balaban J connectivity index is 1.67. The van der Waals surface area contributed by atoms with Gasteiger partial charge in [0.05, 0.1) is 4.90 Å². The van der Waals surface area contributed by atoms with Crippen LogP contribution in [-0.4, -0.2) is 37.4 Å². The van der Waals surface area contributed by atoms with E-state index >= 15 is 0 Å². The molecule has 1 aromatic heterocycles. The third kappa shape index (κ3) is 7.08. The van der Waals surface area contributed by atoms with Crippen LogP contribution in [0, 0.1) is 6.92 Å². The fourth-order valence-electron chi connectivity index (χ4n) is 2.65. The molecule has 164 valence electrons. The third-order valence-electron chi connectivity index (χ3n) is 4.20. The molecule has 0 fully saturated rings. The zero-order valence-electron chi connectivity index (χ0n) is 17.1. The molecule has 3 aromatic rings. The molecule has 0 aliphatic carbocycles. The van der Waals surface area contributed by atoms with E-state index in [0.717, 1.165) is 14.9 Å². The quantitative estimate of drug-likeness (QED) is 0.428. The Morgan fingerprint density at radius 3 is 2.45 bits per heavy atom. The summed E-state index contributed by atoms with van der Waals surface area (Å²) in [5.74, 6) is 0.266. The number of anilines is 1. The molecule has 10 heteroatoms. The number of aromatic nitrogens is 1. The van der Waals surface area contributed by atoms with Crippen LogP contribution in [0.5, 0.6) is 0 Å². The number of carbonyl (C=O) groups excluding carboxylic acids is 1. The van der Waals surface area contributed by atoms with E-state index in [0.29, 0.717) is 17.9 Å². The number of aryl methyl sites for hydroxylation is 1.